The van der Waals surface area contributed by atoms with Crippen molar-refractivity contribution in [1.82, 2.24) is 14.8 Å². The monoisotopic (exact) mass is 288 g/mol. The van der Waals surface area contributed by atoms with Gasteiger partial charge in [0.05, 0.1) is 0 Å². The van der Waals surface area contributed by atoms with Crippen molar-refractivity contribution in [2.24, 2.45) is 5.41 Å². The van der Waals surface area contributed by atoms with E-state index in [0.29, 0.717) is 11.5 Å². The van der Waals surface area contributed by atoms with Crippen LogP contribution < -0.4 is 5.73 Å². The quantitative estimate of drug-likeness (QED) is 0.853. The van der Waals surface area contributed by atoms with Crippen molar-refractivity contribution < 1.29 is 4.79 Å². The van der Waals surface area contributed by atoms with Gasteiger partial charge in [-0.2, -0.15) is 0 Å². The lowest BCUT2D eigenvalue weighted by Gasteiger charge is -2.47. The second kappa shape index (κ2) is 5.64. The lowest BCUT2D eigenvalue weighted by atomic mass is 9.74. The van der Waals surface area contributed by atoms with Crippen molar-refractivity contribution in [1.29, 1.82) is 0 Å². The zero-order valence-corrected chi connectivity index (χ0v) is 12.7. The molecule has 3 heterocycles. The van der Waals surface area contributed by atoms with Crippen LogP contribution in [0.2, 0.25) is 0 Å². The maximum Gasteiger partial charge on any atom is 0.272 e. The molecule has 1 aromatic rings. The Balaban J connectivity index is 1.75. The van der Waals surface area contributed by atoms with Gasteiger partial charge in [0, 0.05) is 25.0 Å². The number of piperidine rings is 2. The molecule has 2 aliphatic heterocycles. The highest BCUT2D eigenvalue weighted by Gasteiger charge is 2.39. The topological polar surface area (TPSA) is 62.5 Å². The Morgan fingerprint density at radius 2 is 2.00 bits per heavy atom. The lowest BCUT2D eigenvalue weighted by Crippen LogP contribution is -2.52. The molecule has 0 saturated carbocycles. The standard InChI is InChI=1S/C16H24N4O/c1-19-9-3-7-16(11-19)8-4-10-20(12-16)15(21)13-5-2-6-14(17)18-13/h2,5-6H,3-4,7-12H2,1H3,(H2,17,18)/t16-/m1/s1. The summed E-state index contributed by atoms with van der Waals surface area (Å²) in [7, 11) is 2.18. The smallest absolute Gasteiger partial charge is 0.272 e. The molecular formula is C16H24N4O. The molecule has 1 amide bonds. The van der Waals surface area contributed by atoms with Crippen LogP contribution in [0.4, 0.5) is 5.82 Å². The van der Waals surface area contributed by atoms with Crippen LogP contribution >= 0.6 is 0 Å². The van der Waals surface area contributed by atoms with Crippen molar-refractivity contribution >= 4 is 11.7 Å². The number of pyridine rings is 1. The Kier molecular flexibility index (Phi) is 3.85. The lowest BCUT2D eigenvalue weighted by molar-refractivity contribution is 0.0203. The molecule has 5 nitrogen and oxygen atoms in total. The third-order valence-electron chi connectivity index (χ3n) is 4.79. The van der Waals surface area contributed by atoms with E-state index in [1.807, 2.05) is 4.90 Å². The number of rotatable bonds is 1. The SMILES string of the molecule is CN1CCC[C@@]2(CCCN(C(=O)c3cccc(N)n3)C2)C1. The number of likely N-dealkylation sites (tertiary alicyclic amines) is 2. The van der Waals surface area contributed by atoms with E-state index >= 15 is 0 Å². The molecule has 0 aromatic carbocycles. The molecule has 1 aromatic heterocycles. The first kappa shape index (κ1) is 14.3. The van der Waals surface area contributed by atoms with Crippen molar-refractivity contribution in [2.45, 2.75) is 25.7 Å². The highest BCUT2D eigenvalue weighted by molar-refractivity contribution is 5.92. The number of hydrogen-bond donors (Lipinski definition) is 1. The zero-order chi connectivity index (χ0) is 14.9. The molecule has 0 radical (unpaired) electrons. The molecule has 21 heavy (non-hydrogen) atoms. The average molecular weight is 288 g/mol. The summed E-state index contributed by atoms with van der Waals surface area (Å²) in [4.78, 5) is 21.2. The van der Waals surface area contributed by atoms with Gasteiger partial charge in [0.15, 0.2) is 0 Å². The van der Waals surface area contributed by atoms with Crippen LogP contribution in [0.3, 0.4) is 0 Å². The number of anilines is 1. The van der Waals surface area contributed by atoms with E-state index in [0.717, 1.165) is 26.1 Å². The Morgan fingerprint density at radius 1 is 1.24 bits per heavy atom. The van der Waals surface area contributed by atoms with E-state index in [-0.39, 0.29) is 11.3 Å². The van der Waals surface area contributed by atoms with E-state index in [4.69, 9.17) is 5.73 Å². The minimum atomic E-state index is 0.0228. The van der Waals surface area contributed by atoms with Gasteiger partial charge in [-0.05, 0) is 51.4 Å². The molecule has 5 heteroatoms. The van der Waals surface area contributed by atoms with Gasteiger partial charge in [-0.15, -0.1) is 0 Å². The van der Waals surface area contributed by atoms with Crippen LogP contribution in [0, 0.1) is 5.41 Å². The normalized spacial score (nSPS) is 27.0. The molecule has 2 saturated heterocycles. The number of aromatic nitrogens is 1. The number of hydrogen-bond acceptors (Lipinski definition) is 4. The van der Waals surface area contributed by atoms with Crippen LogP contribution in [0.5, 0.6) is 0 Å². The molecule has 3 rings (SSSR count). The third kappa shape index (κ3) is 3.02. The summed E-state index contributed by atoms with van der Waals surface area (Å²) >= 11 is 0. The summed E-state index contributed by atoms with van der Waals surface area (Å²) < 4.78 is 0. The third-order valence-corrected chi connectivity index (χ3v) is 4.79. The predicted molar refractivity (Wildman–Crippen MR) is 83.0 cm³/mol. The fraction of sp³-hybridized carbons (Fsp3) is 0.625. The summed E-state index contributed by atoms with van der Waals surface area (Å²) in [5.41, 5.74) is 6.44. The van der Waals surface area contributed by atoms with Crippen LogP contribution in [0.15, 0.2) is 18.2 Å². The summed E-state index contributed by atoms with van der Waals surface area (Å²) in [5.74, 6) is 0.430. The zero-order valence-electron chi connectivity index (χ0n) is 12.7. The van der Waals surface area contributed by atoms with Gasteiger partial charge in [-0.1, -0.05) is 6.07 Å². The number of carbonyl (C=O) groups excluding carboxylic acids is 1. The van der Waals surface area contributed by atoms with Crippen molar-refractivity contribution in [3.63, 3.8) is 0 Å². The average Bonchev–Trinajstić information content (AvgIpc) is 2.46. The first-order valence-corrected chi connectivity index (χ1v) is 7.78. The molecule has 1 spiro atoms. The number of nitrogen functional groups attached to an aromatic ring is 1. The minimum Gasteiger partial charge on any atom is -0.384 e. The maximum absolute atomic E-state index is 12.7. The number of amides is 1. The molecular weight excluding hydrogens is 264 g/mol. The Bertz CT molecular complexity index is 529. The van der Waals surface area contributed by atoms with Crippen LogP contribution in [0.1, 0.15) is 36.2 Å². The van der Waals surface area contributed by atoms with Gasteiger partial charge in [0.1, 0.15) is 11.5 Å². The van der Waals surface area contributed by atoms with E-state index in [9.17, 15) is 4.79 Å². The molecule has 0 bridgehead atoms. The van der Waals surface area contributed by atoms with Gasteiger partial charge in [-0.25, -0.2) is 4.98 Å². The molecule has 2 aliphatic rings. The Hall–Kier alpha value is -1.62. The Labute approximate surface area is 126 Å². The minimum absolute atomic E-state index is 0.0228. The van der Waals surface area contributed by atoms with Crippen LogP contribution in [-0.4, -0.2) is 53.9 Å². The van der Waals surface area contributed by atoms with Crippen LogP contribution in [0.25, 0.3) is 0 Å². The number of nitrogens with zero attached hydrogens (tertiary/aromatic N) is 3. The van der Waals surface area contributed by atoms with E-state index in [1.54, 1.807) is 18.2 Å². The van der Waals surface area contributed by atoms with Gasteiger partial charge in [0.2, 0.25) is 0 Å². The van der Waals surface area contributed by atoms with E-state index in [2.05, 4.69) is 16.9 Å². The summed E-state index contributed by atoms with van der Waals surface area (Å²) in [6.07, 6.45) is 4.77. The molecule has 0 unspecified atom stereocenters. The highest BCUT2D eigenvalue weighted by atomic mass is 16.2. The van der Waals surface area contributed by atoms with Gasteiger partial charge in [0.25, 0.3) is 5.91 Å². The second-order valence-electron chi connectivity index (χ2n) is 6.62. The Morgan fingerprint density at radius 3 is 2.71 bits per heavy atom. The van der Waals surface area contributed by atoms with E-state index < -0.39 is 0 Å². The first-order chi connectivity index (χ1) is 10.1. The van der Waals surface area contributed by atoms with Crippen LogP contribution in [-0.2, 0) is 0 Å². The molecule has 114 valence electrons. The second-order valence-corrected chi connectivity index (χ2v) is 6.62. The molecule has 0 aliphatic carbocycles. The summed E-state index contributed by atoms with van der Waals surface area (Å²) in [6, 6.07) is 5.27. The highest BCUT2D eigenvalue weighted by Crippen LogP contribution is 2.38. The van der Waals surface area contributed by atoms with Gasteiger partial charge >= 0.3 is 0 Å². The van der Waals surface area contributed by atoms with Crippen molar-refractivity contribution in [3.05, 3.63) is 23.9 Å². The summed E-state index contributed by atoms with van der Waals surface area (Å²) in [5, 5.41) is 0. The predicted octanol–water partition coefficient (Wildman–Crippen LogP) is 1.61. The molecule has 2 fully saturated rings. The largest absolute Gasteiger partial charge is 0.384 e. The summed E-state index contributed by atoms with van der Waals surface area (Å²) in [6.45, 7) is 3.96. The molecule has 1 atom stereocenters. The fourth-order valence-electron chi connectivity index (χ4n) is 3.90. The number of nitrogens with two attached hydrogens (primary N) is 1. The number of carbonyl (C=O) groups is 1. The first-order valence-electron chi connectivity index (χ1n) is 7.78. The fourth-order valence-corrected chi connectivity index (χ4v) is 3.90. The van der Waals surface area contributed by atoms with Crippen molar-refractivity contribution in [3.8, 4) is 0 Å². The van der Waals surface area contributed by atoms with Crippen molar-refractivity contribution in [2.75, 3.05) is 39.0 Å². The maximum atomic E-state index is 12.7. The molecule has 2 N–H and O–H groups in total. The van der Waals surface area contributed by atoms with Gasteiger partial charge in [-0.3, -0.25) is 4.79 Å². The van der Waals surface area contributed by atoms with E-state index in [1.165, 1.54) is 25.8 Å². The van der Waals surface area contributed by atoms with Gasteiger partial charge < -0.3 is 15.5 Å².